The van der Waals surface area contributed by atoms with Crippen molar-refractivity contribution in [3.05, 3.63) is 29.8 Å². The number of hydrogen-bond acceptors (Lipinski definition) is 3. The van der Waals surface area contributed by atoms with Gasteiger partial charge in [-0.3, -0.25) is 0 Å². The molecule has 0 bridgehead atoms. The van der Waals surface area contributed by atoms with E-state index in [0.717, 1.165) is 31.5 Å². The summed E-state index contributed by atoms with van der Waals surface area (Å²) in [4.78, 5) is 2.48. The molecular formula is C16H24N2O. The van der Waals surface area contributed by atoms with Crippen molar-refractivity contribution in [2.45, 2.75) is 31.8 Å². The van der Waals surface area contributed by atoms with Gasteiger partial charge in [-0.25, -0.2) is 0 Å². The number of hydrogen-bond donors (Lipinski definition) is 1. The van der Waals surface area contributed by atoms with Gasteiger partial charge in [0.05, 0.1) is 6.61 Å². The van der Waals surface area contributed by atoms with Crippen molar-refractivity contribution in [2.24, 2.45) is 5.92 Å². The molecule has 0 saturated heterocycles. The van der Waals surface area contributed by atoms with Gasteiger partial charge in [-0.15, -0.1) is 0 Å². The molecule has 1 aromatic rings. The molecule has 2 atom stereocenters. The molecule has 0 radical (unpaired) electrons. The van der Waals surface area contributed by atoms with E-state index < -0.39 is 0 Å². The zero-order chi connectivity index (χ0) is 13.2. The molecule has 1 fully saturated rings. The second-order valence-corrected chi connectivity index (χ2v) is 5.97. The van der Waals surface area contributed by atoms with Crippen LogP contribution < -0.4 is 10.1 Å². The summed E-state index contributed by atoms with van der Waals surface area (Å²) >= 11 is 0. The topological polar surface area (TPSA) is 24.5 Å². The molecule has 0 spiro atoms. The van der Waals surface area contributed by atoms with Gasteiger partial charge in [0.15, 0.2) is 0 Å². The zero-order valence-corrected chi connectivity index (χ0v) is 11.9. The molecule has 19 heavy (non-hydrogen) atoms. The summed E-state index contributed by atoms with van der Waals surface area (Å²) in [6.07, 6.45) is 2.76. The second kappa shape index (κ2) is 5.51. The van der Waals surface area contributed by atoms with Gasteiger partial charge in [0, 0.05) is 36.7 Å². The highest BCUT2D eigenvalue weighted by Gasteiger charge is 2.28. The number of benzene rings is 1. The Balaban J connectivity index is 1.59. The Morgan fingerprint density at radius 2 is 2.11 bits per heavy atom. The van der Waals surface area contributed by atoms with Crippen LogP contribution in [-0.2, 0) is 0 Å². The van der Waals surface area contributed by atoms with Crippen molar-refractivity contribution in [1.82, 2.24) is 10.2 Å². The van der Waals surface area contributed by atoms with Crippen LogP contribution in [0.5, 0.6) is 5.75 Å². The molecule has 1 aliphatic heterocycles. The van der Waals surface area contributed by atoms with Gasteiger partial charge in [0.1, 0.15) is 5.75 Å². The maximum absolute atomic E-state index is 5.79. The van der Waals surface area contributed by atoms with Gasteiger partial charge in [0.2, 0.25) is 0 Å². The highest BCUT2D eigenvalue weighted by atomic mass is 16.5. The van der Waals surface area contributed by atoms with E-state index in [1.807, 2.05) is 6.07 Å². The van der Waals surface area contributed by atoms with E-state index in [-0.39, 0.29) is 0 Å². The zero-order valence-electron chi connectivity index (χ0n) is 11.9. The molecule has 1 aliphatic carbocycles. The molecule has 1 heterocycles. The SMILES string of the molecule is CC1COc2ccccc2C1NCCN(C)C1CC1. The molecule has 2 unspecified atom stereocenters. The lowest BCUT2D eigenvalue weighted by atomic mass is 9.92. The number of nitrogens with one attached hydrogen (secondary N) is 1. The van der Waals surface area contributed by atoms with Crippen LogP contribution in [0.3, 0.4) is 0 Å². The van der Waals surface area contributed by atoms with Crippen molar-refractivity contribution >= 4 is 0 Å². The molecule has 0 aromatic heterocycles. The third kappa shape index (κ3) is 2.93. The van der Waals surface area contributed by atoms with Crippen LogP contribution in [-0.4, -0.2) is 37.7 Å². The van der Waals surface area contributed by atoms with Crippen molar-refractivity contribution in [3.8, 4) is 5.75 Å². The van der Waals surface area contributed by atoms with Crippen LogP contribution in [0, 0.1) is 5.92 Å². The summed E-state index contributed by atoms with van der Waals surface area (Å²) in [6.45, 7) is 5.26. The Labute approximate surface area is 115 Å². The molecule has 3 nitrogen and oxygen atoms in total. The number of nitrogens with zero attached hydrogens (tertiary/aromatic N) is 1. The molecule has 1 saturated carbocycles. The molecule has 1 aromatic carbocycles. The summed E-state index contributed by atoms with van der Waals surface area (Å²) < 4.78 is 5.79. The number of fused-ring (bicyclic) bond motifs is 1. The minimum Gasteiger partial charge on any atom is -0.493 e. The maximum Gasteiger partial charge on any atom is 0.124 e. The number of rotatable bonds is 5. The van der Waals surface area contributed by atoms with Gasteiger partial charge in [0.25, 0.3) is 0 Å². The Morgan fingerprint density at radius 3 is 2.89 bits per heavy atom. The normalized spacial score (nSPS) is 26.1. The van der Waals surface area contributed by atoms with E-state index in [4.69, 9.17) is 4.74 Å². The highest BCUT2D eigenvalue weighted by molar-refractivity contribution is 5.37. The van der Waals surface area contributed by atoms with Gasteiger partial charge >= 0.3 is 0 Å². The van der Waals surface area contributed by atoms with E-state index >= 15 is 0 Å². The summed E-state index contributed by atoms with van der Waals surface area (Å²) in [5.74, 6) is 1.58. The van der Waals surface area contributed by atoms with Crippen LogP contribution in [0.4, 0.5) is 0 Å². The Bertz CT molecular complexity index is 431. The molecular weight excluding hydrogens is 236 g/mol. The second-order valence-electron chi connectivity index (χ2n) is 5.97. The molecule has 104 valence electrons. The molecule has 0 amide bonds. The predicted octanol–water partition coefficient (Wildman–Crippen LogP) is 2.44. The lowest BCUT2D eigenvalue weighted by Crippen LogP contribution is -2.38. The van der Waals surface area contributed by atoms with E-state index in [1.54, 1.807) is 0 Å². The maximum atomic E-state index is 5.79. The summed E-state index contributed by atoms with van der Waals surface area (Å²) in [5.41, 5.74) is 1.32. The van der Waals surface area contributed by atoms with Crippen LogP contribution in [0.2, 0.25) is 0 Å². The molecule has 1 N–H and O–H groups in total. The van der Waals surface area contributed by atoms with Gasteiger partial charge in [-0.05, 0) is 26.0 Å². The van der Waals surface area contributed by atoms with Crippen LogP contribution >= 0.6 is 0 Å². The Kier molecular flexibility index (Phi) is 3.76. The van der Waals surface area contributed by atoms with Crippen LogP contribution in [0.25, 0.3) is 0 Å². The Morgan fingerprint density at radius 1 is 1.32 bits per heavy atom. The lowest BCUT2D eigenvalue weighted by molar-refractivity contribution is 0.185. The fourth-order valence-electron chi connectivity index (χ4n) is 2.90. The molecule has 2 aliphatic rings. The van der Waals surface area contributed by atoms with E-state index in [1.165, 1.54) is 18.4 Å². The summed E-state index contributed by atoms with van der Waals surface area (Å²) in [7, 11) is 2.24. The van der Waals surface area contributed by atoms with Crippen molar-refractivity contribution < 1.29 is 4.74 Å². The third-order valence-electron chi connectivity index (χ3n) is 4.32. The minimum absolute atomic E-state index is 0.428. The van der Waals surface area contributed by atoms with E-state index in [2.05, 4.69) is 42.4 Å². The Hall–Kier alpha value is -1.06. The van der Waals surface area contributed by atoms with E-state index in [0.29, 0.717) is 12.0 Å². The molecule has 3 rings (SSSR count). The highest BCUT2D eigenvalue weighted by Crippen LogP contribution is 2.34. The third-order valence-corrected chi connectivity index (χ3v) is 4.32. The average Bonchev–Trinajstić information content (AvgIpc) is 3.25. The molecule has 3 heteroatoms. The van der Waals surface area contributed by atoms with Crippen molar-refractivity contribution in [2.75, 3.05) is 26.7 Å². The smallest absolute Gasteiger partial charge is 0.124 e. The van der Waals surface area contributed by atoms with E-state index in [9.17, 15) is 0 Å². The van der Waals surface area contributed by atoms with Crippen LogP contribution in [0.1, 0.15) is 31.4 Å². The predicted molar refractivity (Wildman–Crippen MR) is 77.5 cm³/mol. The van der Waals surface area contributed by atoms with Gasteiger partial charge < -0.3 is 15.0 Å². The first kappa shape index (κ1) is 12.9. The quantitative estimate of drug-likeness (QED) is 0.880. The van der Waals surface area contributed by atoms with Gasteiger partial charge in [-0.1, -0.05) is 25.1 Å². The first-order valence-corrected chi connectivity index (χ1v) is 7.41. The fourth-order valence-corrected chi connectivity index (χ4v) is 2.90. The number of likely N-dealkylation sites (N-methyl/N-ethyl adjacent to an activating group) is 1. The first-order chi connectivity index (χ1) is 9.25. The van der Waals surface area contributed by atoms with Gasteiger partial charge in [-0.2, -0.15) is 0 Å². The van der Waals surface area contributed by atoms with Crippen molar-refractivity contribution in [3.63, 3.8) is 0 Å². The first-order valence-electron chi connectivity index (χ1n) is 7.41. The monoisotopic (exact) mass is 260 g/mol. The summed E-state index contributed by atoms with van der Waals surface area (Å²) in [5, 5.41) is 3.72. The minimum atomic E-state index is 0.428. The number of ether oxygens (including phenoxy) is 1. The van der Waals surface area contributed by atoms with Crippen molar-refractivity contribution in [1.29, 1.82) is 0 Å². The average molecular weight is 260 g/mol. The largest absolute Gasteiger partial charge is 0.493 e. The number of para-hydroxylation sites is 1. The van der Waals surface area contributed by atoms with Crippen LogP contribution in [0.15, 0.2) is 24.3 Å². The fraction of sp³-hybridized carbons (Fsp3) is 0.625. The standard InChI is InChI=1S/C16H24N2O/c1-12-11-19-15-6-4-3-5-14(15)16(12)17-9-10-18(2)13-7-8-13/h3-6,12-13,16-17H,7-11H2,1-2H3. The lowest BCUT2D eigenvalue weighted by Gasteiger charge is -2.32. The summed E-state index contributed by atoms with van der Waals surface area (Å²) in [6, 6.07) is 9.69.